The number of nitrogens with zero attached hydrogens (tertiary/aromatic N) is 1. The van der Waals surface area contributed by atoms with Crippen molar-refractivity contribution in [1.29, 1.82) is 0 Å². The van der Waals surface area contributed by atoms with Gasteiger partial charge in [0.2, 0.25) is 5.88 Å². The maximum atomic E-state index is 12.5. The van der Waals surface area contributed by atoms with E-state index in [1.54, 1.807) is 49.4 Å². The summed E-state index contributed by atoms with van der Waals surface area (Å²) in [6.07, 6.45) is 0. The number of esters is 1. The van der Waals surface area contributed by atoms with Crippen molar-refractivity contribution in [2.24, 2.45) is 0 Å². The molecule has 0 aliphatic heterocycles. The highest BCUT2D eigenvalue weighted by atomic mass is 35.5. The Morgan fingerprint density at radius 3 is 2.52 bits per heavy atom. The molecule has 8 heteroatoms. The Morgan fingerprint density at radius 1 is 1.11 bits per heavy atom. The van der Waals surface area contributed by atoms with Crippen LogP contribution in [0.5, 0.6) is 0 Å². The molecule has 6 nitrogen and oxygen atoms in total. The van der Waals surface area contributed by atoms with Crippen molar-refractivity contribution in [3.8, 4) is 11.3 Å². The second-order valence-corrected chi connectivity index (χ2v) is 6.30. The molecular formula is C19H14Cl2N2O4. The van der Waals surface area contributed by atoms with Crippen molar-refractivity contribution in [3.05, 3.63) is 69.7 Å². The maximum absolute atomic E-state index is 12.5. The maximum Gasteiger partial charge on any atom is 0.346 e. The van der Waals surface area contributed by atoms with Crippen molar-refractivity contribution < 1.29 is 18.8 Å². The van der Waals surface area contributed by atoms with Crippen LogP contribution in [0.15, 0.2) is 53.1 Å². The van der Waals surface area contributed by atoms with E-state index in [9.17, 15) is 9.59 Å². The zero-order valence-electron chi connectivity index (χ0n) is 14.2. The van der Waals surface area contributed by atoms with Crippen LogP contribution in [-0.4, -0.2) is 23.6 Å². The van der Waals surface area contributed by atoms with Crippen LogP contribution in [0.4, 0.5) is 5.88 Å². The summed E-state index contributed by atoms with van der Waals surface area (Å²) in [4.78, 5) is 24.9. The molecule has 0 fully saturated rings. The Morgan fingerprint density at radius 2 is 1.85 bits per heavy atom. The van der Waals surface area contributed by atoms with E-state index in [1.165, 1.54) is 6.07 Å². The quantitative estimate of drug-likeness (QED) is 0.599. The molecule has 2 aromatic carbocycles. The van der Waals surface area contributed by atoms with E-state index in [-0.39, 0.29) is 23.7 Å². The van der Waals surface area contributed by atoms with Gasteiger partial charge < -0.3 is 9.26 Å². The largest absolute Gasteiger partial charge is 0.462 e. The zero-order chi connectivity index (χ0) is 19.4. The molecule has 0 spiro atoms. The van der Waals surface area contributed by atoms with Crippen LogP contribution in [0.3, 0.4) is 0 Å². The van der Waals surface area contributed by atoms with E-state index < -0.39 is 11.9 Å². The molecule has 1 N–H and O–H groups in total. The molecule has 1 heterocycles. The smallest absolute Gasteiger partial charge is 0.346 e. The van der Waals surface area contributed by atoms with Gasteiger partial charge in [-0.15, -0.1) is 0 Å². The minimum absolute atomic E-state index is 0.0227. The number of rotatable bonds is 5. The summed E-state index contributed by atoms with van der Waals surface area (Å²) in [6.45, 7) is 1.84. The number of amides is 1. The molecule has 138 valence electrons. The molecule has 0 aliphatic rings. The van der Waals surface area contributed by atoms with Gasteiger partial charge in [0.05, 0.1) is 6.61 Å². The van der Waals surface area contributed by atoms with Crippen LogP contribution in [-0.2, 0) is 4.74 Å². The molecule has 1 aromatic heterocycles. The summed E-state index contributed by atoms with van der Waals surface area (Å²) in [5, 5.41) is 7.41. The second-order valence-electron chi connectivity index (χ2n) is 5.43. The molecule has 3 aromatic rings. The standard InChI is InChI=1S/C19H14Cl2N2O4/c1-2-26-19(25)15-16(11-6-8-13(20)9-7-11)23-27-18(15)22-17(24)12-4-3-5-14(21)10-12/h3-10H,2H2,1H3,(H,22,24). The Balaban J connectivity index is 1.98. The zero-order valence-corrected chi connectivity index (χ0v) is 15.7. The van der Waals surface area contributed by atoms with E-state index in [1.807, 2.05) is 0 Å². The average molecular weight is 405 g/mol. The third-order valence-electron chi connectivity index (χ3n) is 3.60. The number of nitrogens with one attached hydrogen (secondary N) is 1. The van der Waals surface area contributed by atoms with Crippen LogP contribution >= 0.6 is 23.2 Å². The number of aromatic nitrogens is 1. The van der Waals surface area contributed by atoms with Gasteiger partial charge >= 0.3 is 5.97 Å². The highest BCUT2D eigenvalue weighted by molar-refractivity contribution is 6.31. The van der Waals surface area contributed by atoms with E-state index in [0.717, 1.165) is 0 Å². The molecule has 0 bridgehead atoms. The third-order valence-corrected chi connectivity index (χ3v) is 4.09. The summed E-state index contributed by atoms with van der Waals surface area (Å²) in [5.41, 5.74) is 1.16. The van der Waals surface area contributed by atoms with Crippen LogP contribution < -0.4 is 5.32 Å². The SMILES string of the molecule is CCOC(=O)c1c(-c2ccc(Cl)cc2)noc1NC(=O)c1cccc(Cl)c1. The second kappa shape index (κ2) is 8.24. The number of anilines is 1. The van der Waals surface area contributed by atoms with Gasteiger partial charge in [-0.05, 0) is 37.3 Å². The average Bonchev–Trinajstić information content (AvgIpc) is 3.06. The summed E-state index contributed by atoms with van der Waals surface area (Å²) in [6, 6.07) is 13.1. The number of halogens is 2. The van der Waals surface area contributed by atoms with Gasteiger partial charge in [0.1, 0.15) is 5.69 Å². The number of hydrogen-bond donors (Lipinski definition) is 1. The summed E-state index contributed by atoms with van der Waals surface area (Å²) < 4.78 is 10.3. The van der Waals surface area contributed by atoms with Crippen LogP contribution in [0, 0.1) is 0 Å². The van der Waals surface area contributed by atoms with Crippen molar-refractivity contribution in [3.63, 3.8) is 0 Å². The summed E-state index contributed by atoms with van der Waals surface area (Å²) in [5.74, 6) is -1.27. The predicted octanol–water partition coefficient (Wildman–Crippen LogP) is 5.08. The van der Waals surface area contributed by atoms with Crippen LogP contribution in [0.2, 0.25) is 10.0 Å². The fourth-order valence-electron chi connectivity index (χ4n) is 2.38. The Labute approximate surface area is 165 Å². The number of carbonyl (C=O) groups is 2. The van der Waals surface area contributed by atoms with Gasteiger partial charge in [-0.3, -0.25) is 10.1 Å². The number of carbonyl (C=O) groups excluding carboxylic acids is 2. The number of ether oxygens (including phenoxy) is 1. The monoisotopic (exact) mass is 404 g/mol. The molecule has 3 rings (SSSR count). The van der Waals surface area contributed by atoms with E-state index in [4.69, 9.17) is 32.5 Å². The first-order chi connectivity index (χ1) is 13.0. The first kappa shape index (κ1) is 18.9. The van der Waals surface area contributed by atoms with Crippen molar-refractivity contribution >= 4 is 41.0 Å². The Bertz CT molecular complexity index is 984. The fourth-order valence-corrected chi connectivity index (χ4v) is 2.69. The molecule has 0 saturated carbocycles. The lowest BCUT2D eigenvalue weighted by atomic mass is 10.1. The Hall–Kier alpha value is -2.83. The van der Waals surface area contributed by atoms with Crippen LogP contribution in [0.1, 0.15) is 27.6 Å². The molecule has 0 radical (unpaired) electrons. The molecule has 0 unspecified atom stereocenters. The first-order valence-electron chi connectivity index (χ1n) is 7.99. The van der Waals surface area contributed by atoms with E-state index >= 15 is 0 Å². The van der Waals surface area contributed by atoms with Gasteiger partial charge in [0.25, 0.3) is 5.91 Å². The lowest BCUT2D eigenvalue weighted by molar-refractivity contribution is 0.0528. The molecular weight excluding hydrogens is 391 g/mol. The fraction of sp³-hybridized carbons (Fsp3) is 0.105. The minimum atomic E-state index is -0.662. The summed E-state index contributed by atoms with van der Waals surface area (Å²) in [7, 11) is 0. The molecule has 0 saturated heterocycles. The van der Waals surface area contributed by atoms with Gasteiger partial charge in [-0.2, -0.15) is 0 Å². The lowest BCUT2D eigenvalue weighted by Crippen LogP contribution is -2.15. The van der Waals surface area contributed by atoms with Crippen molar-refractivity contribution in [2.75, 3.05) is 11.9 Å². The number of hydrogen-bond acceptors (Lipinski definition) is 5. The molecule has 0 atom stereocenters. The summed E-state index contributed by atoms with van der Waals surface area (Å²) >= 11 is 11.8. The molecule has 27 heavy (non-hydrogen) atoms. The van der Waals surface area contributed by atoms with Crippen molar-refractivity contribution in [2.45, 2.75) is 6.92 Å². The van der Waals surface area contributed by atoms with Crippen LogP contribution in [0.25, 0.3) is 11.3 Å². The van der Waals surface area contributed by atoms with Gasteiger partial charge in [-0.1, -0.05) is 46.6 Å². The highest BCUT2D eigenvalue weighted by Crippen LogP contribution is 2.31. The van der Waals surface area contributed by atoms with Gasteiger partial charge in [0, 0.05) is 21.2 Å². The van der Waals surface area contributed by atoms with Gasteiger partial charge in [0.15, 0.2) is 5.56 Å². The lowest BCUT2D eigenvalue weighted by Gasteiger charge is -2.06. The van der Waals surface area contributed by atoms with Gasteiger partial charge in [-0.25, -0.2) is 4.79 Å². The minimum Gasteiger partial charge on any atom is -0.462 e. The normalized spacial score (nSPS) is 10.5. The highest BCUT2D eigenvalue weighted by Gasteiger charge is 2.27. The van der Waals surface area contributed by atoms with E-state index in [0.29, 0.717) is 21.2 Å². The molecule has 1 amide bonds. The predicted molar refractivity (Wildman–Crippen MR) is 102 cm³/mol. The first-order valence-corrected chi connectivity index (χ1v) is 8.75. The third kappa shape index (κ3) is 4.30. The topological polar surface area (TPSA) is 81.4 Å². The Kier molecular flexibility index (Phi) is 5.78. The van der Waals surface area contributed by atoms with E-state index in [2.05, 4.69) is 10.5 Å². The number of benzene rings is 2. The van der Waals surface area contributed by atoms with Crippen molar-refractivity contribution in [1.82, 2.24) is 5.16 Å². The molecule has 0 aliphatic carbocycles.